The molecule has 5 heteroatoms. The normalized spacial score (nSPS) is 18.7. The largest absolute Gasteiger partial charge is 0.317 e. The average molecular weight is 274 g/mol. The Kier molecular flexibility index (Phi) is 5.22. The summed E-state index contributed by atoms with van der Waals surface area (Å²) in [7, 11) is 0. The molecule has 0 aliphatic carbocycles. The third-order valence-corrected chi connectivity index (χ3v) is 4.37. The lowest BCUT2D eigenvalue weighted by atomic mass is 9.97. The first-order chi connectivity index (χ1) is 8.28. The lowest BCUT2D eigenvalue weighted by Crippen LogP contribution is -2.36. The van der Waals surface area contributed by atoms with Gasteiger partial charge in [-0.25, -0.2) is 4.98 Å². The highest BCUT2D eigenvalue weighted by Crippen LogP contribution is 2.22. The first kappa shape index (κ1) is 13.3. The second-order valence-electron chi connectivity index (χ2n) is 4.59. The summed E-state index contributed by atoms with van der Waals surface area (Å²) in [5.74, 6) is 0.853. The molecule has 0 saturated carbocycles. The van der Waals surface area contributed by atoms with E-state index in [1.54, 1.807) is 17.5 Å². The summed E-state index contributed by atoms with van der Waals surface area (Å²) < 4.78 is 0.794. The number of nitrogens with zero attached hydrogens (tertiary/aromatic N) is 2. The van der Waals surface area contributed by atoms with Crippen molar-refractivity contribution in [1.29, 1.82) is 0 Å². The molecule has 1 aromatic heterocycles. The minimum absolute atomic E-state index is 0.794. The van der Waals surface area contributed by atoms with Crippen LogP contribution in [0.25, 0.3) is 0 Å². The number of piperidine rings is 1. The van der Waals surface area contributed by atoms with Gasteiger partial charge in [0.05, 0.1) is 12.7 Å². The van der Waals surface area contributed by atoms with Gasteiger partial charge in [0.1, 0.15) is 9.34 Å². The molecule has 17 heavy (non-hydrogen) atoms. The molecule has 1 saturated heterocycles. The lowest BCUT2D eigenvalue weighted by Gasteiger charge is -2.31. The molecule has 1 aliphatic rings. The van der Waals surface area contributed by atoms with Crippen molar-refractivity contribution in [2.24, 2.45) is 5.92 Å². The summed E-state index contributed by atoms with van der Waals surface area (Å²) in [5.41, 5.74) is 0. The van der Waals surface area contributed by atoms with Gasteiger partial charge in [0.15, 0.2) is 0 Å². The summed E-state index contributed by atoms with van der Waals surface area (Å²) in [6, 6.07) is 0. The molecule has 2 heterocycles. The molecule has 0 bridgehead atoms. The van der Waals surface area contributed by atoms with Crippen LogP contribution >= 0.6 is 22.9 Å². The maximum atomic E-state index is 5.89. The Morgan fingerprint density at radius 3 is 2.88 bits per heavy atom. The van der Waals surface area contributed by atoms with Gasteiger partial charge in [-0.3, -0.25) is 4.90 Å². The molecule has 1 aromatic rings. The van der Waals surface area contributed by atoms with E-state index in [4.69, 9.17) is 11.6 Å². The van der Waals surface area contributed by atoms with Crippen LogP contribution in [0.2, 0.25) is 4.34 Å². The van der Waals surface area contributed by atoms with E-state index >= 15 is 0 Å². The van der Waals surface area contributed by atoms with Crippen LogP contribution in [0.5, 0.6) is 0 Å². The van der Waals surface area contributed by atoms with E-state index in [1.807, 2.05) is 0 Å². The van der Waals surface area contributed by atoms with Crippen molar-refractivity contribution in [1.82, 2.24) is 15.2 Å². The fraction of sp³-hybridized carbons (Fsp3) is 0.750. The lowest BCUT2D eigenvalue weighted by molar-refractivity contribution is 0.175. The van der Waals surface area contributed by atoms with Crippen molar-refractivity contribution < 1.29 is 0 Å². The maximum Gasteiger partial charge on any atom is 0.113 e. The van der Waals surface area contributed by atoms with Crippen LogP contribution in [-0.4, -0.2) is 36.1 Å². The van der Waals surface area contributed by atoms with E-state index in [0.717, 1.165) is 28.4 Å². The monoisotopic (exact) mass is 273 g/mol. The molecule has 0 unspecified atom stereocenters. The fourth-order valence-electron chi connectivity index (χ4n) is 2.25. The number of rotatable bonds is 5. The number of hydrogen-bond donors (Lipinski definition) is 1. The van der Waals surface area contributed by atoms with Gasteiger partial charge in [-0.15, -0.1) is 11.3 Å². The topological polar surface area (TPSA) is 28.2 Å². The molecule has 1 N–H and O–H groups in total. The van der Waals surface area contributed by atoms with Crippen LogP contribution in [0.4, 0.5) is 0 Å². The number of hydrogen-bond acceptors (Lipinski definition) is 4. The first-order valence-electron chi connectivity index (χ1n) is 6.31. The van der Waals surface area contributed by atoms with Crippen molar-refractivity contribution in [3.63, 3.8) is 0 Å². The molecule has 96 valence electrons. The fourth-order valence-corrected chi connectivity index (χ4v) is 3.25. The predicted molar refractivity (Wildman–Crippen MR) is 73.7 cm³/mol. The molecule has 1 fully saturated rings. The molecule has 0 radical (unpaired) electrons. The highest BCUT2D eigenvalue weighted by Gasteiger charge is 2.19. The Labute approximate surface area is 112 Å². The molecule has 3 nitrogen and oxygen atoms in total. The van der Waals surface area contributed by atoms with Crippen LogP contribution in [0.1, 0.15) is 24.8 Å². The van der Waals surface area contributed by atoms with Crippen molar-refractivity contribution in [2.75, 3.05) is 26.2 Å². The molecule has 0 atom stereocenters. The minimum atomic E-state index is 0.794. The number of likely N-dealkylation sites (tertiary alicyclic amines) is 1. The summed E-state index contributed by atoms with van der Waals surface area (Å²) >= 11 is 7.48. The van der Waals surface area contributed by atoms with E-state index in [2.05, 4.69) is 22.1 Å². The summed E-state index contributed by atoms with van der Waals surface area (Å²) in [6.45, 7) is 7.76. The van der Waals surface area contributed by atoms with Gasteiger partial charge in [0.2, 0.25) is 0 Å². The SMILES string of the molecule is CCNCC1CCN(Cc2ncc(Cl)s2)CC1. The van der Waals surface area contributed by atoms with Gasteiger partial charge < -0.3 is 5.32 Å². The molecule has 0 aromatic carbocycles. The van der Waals surface area contributed by atoms with Gasteiger partial charge in [0, 0.05) is 0 Å². The Morgan fingerprint density at radius 2 is 2.29 bits per heavy atom. The van der Waals surface area contributed by atoms with E-state index in [0.29, 0.717) is 0 Å². The van der Waals surface area contributed by atoms with Gasteiger partial charge in [-0.2, -0.15) is 0 Å². The number of nitrogens with one attached hydrogen (secondary N) is 1. The average Bonchev–Trinajstić information content (AvgIpc) is 2.74. The Balaban J connectivity index is 1.72. The Bertz CT molecular complexity index is 334. The second-order valence-corrected chi connectivity index (χ2v) is 6.33. The number of thiazole rings is 1. The zero-order chi connectivity index (χ0) is 12.1. The second kappa shape index (κ2) is 6.69. The maximum absolute atomic E-state index is 5.89. The summed E-state index contributed by atoms with van der Waals surface area (Å²) in [6.07, 6.45) is 4.34. The molecule has 0 spiro atoms. The van der Waals surface area contributed by atoms with Crippen LogP contribution in [0, 0.1) is 5.92 Å². The summed E-state index contributed by atoms with van der Waals surface area (Å²) in [4.78, 5) is 6.79. The van der Waals surface area contributed by atoms with E-state index in [-0.39, 0.29) is 0 Å². The van der Waals surface area contributed by atoms with Crippen molar-refractivity contribution in [3.8, 4) is 0 Å². The van der Waals surface area contributed by atoms with Crippen molar-refractivity contribution in [3.05, 3.63) is 15.5 Å². The van der Waals surface area contributed by atoms with Gasteiger partial charge in [-0.1, -0.05) is 18.5 Å². The van der Waals surface area contributed by atoms with Gasteiger partial charge >= 0.3 is 0 Å². The smallest absolute Gasteiger partial charge is 0.113 e. The van der Waals surface area contributed by atoms with Gasteiger partial charge in [0.25, 0.3) is 0 Å². The van der Waals surface area contributed by atoms with Crippen LogP contribution < -0.4 is 5.32 Å². The molecule has 0 amide bonds. The minimum Gasteiger partial charge on any atom is -0.317 e. The van der Waals surface area contributed by atoms with E-state index in [9.17, 15) is 0 Å². The quantitative estimate of drug-likeness (QED) is 0.894. The molecular formula is C12H20ClN3S. The predicted octanol–water partition coefficient (Wildman–Crippen LogP) is 2.62. The number of aromatic nitrogens is 1. The third-order valence-electron chi connectivity index (χ3n) is 3.27. The van der Waals surface area contributed by atoms with Crippen LogP contribution in [-0.2, 0) is 6.54 Å². The zero-order valence-corrected chi connectivity index (χ0v) is 11.9. The molecule has 1 aliphatic heterocycles. The van der Waals surface area contributed by atoms with Crippen LogP contribution in [0.3, 0.4) is 0 Å². The van der Waals surface area contributed by atoms with Crippen LogP contribution in [0.15, 0.2) is 6.20 Å². The van der Waals surface area contributed by atoms with Gasteiger partial charge in [-0.05, 0) is 44.9 Å². The number of halogens is 1. The molecular weight excluding hydrogens is 254 g/mol. The standard InChI is InChI=1S/C12H20ClN3S/c1-2-14-7-10-3-5-16(6-4-10)9-12-15-8-11(13)17-12/h8,10,14H,2-7,9H2,1H3. The molecule has 2 rings (SSSR count). The van der Waals surface area contributed by atoms with Crippen molar-refractivity contribution >= 4 is 22.9 Å². The highest BCUT2D eigenvalue weighted by atomic mass is 35.5. The highest BCUT2D eigenvalue weighted by molar-refractivity contribution is 7.15. The summed E-state index contributed by atoms with van der Waals surface area (Å²) in [5, 5.41) is 4.58. The van der Waals surface area contributed by atoms with E-state index in [1.165, 1.54) is 32.5 Å². The Morgan fingerprint density at radius 1 is 1.53 bits per heavy atom. The Hall–Kier alpha value is -0.160. The third kappa shape index (κ3) is 4.21. The van der Waals surface area contributed by atoms with E-state index < -0.39 is 0 Å². The zero-order valence-electron chi connectivity index (χ0n) is 10.3. The first-order valence-corrected chi connectivity index (χ1v) is 7.50. The van der Waals surface area contributed by atoms with Crippen molar-refractivity contribution in [2.45, 2.75) is 26.3 Å².